The van der Waals surface area contributed by atoms with Crippen LogP contribution >= 0.6 is 22.6 Å². The van der Waals surface area contributed by atoms with Gasteiger partial charge >= 0.3 is 0 Å². The first kappa shape index (κ1) is 15.3. The van der Waals surface area contributed by atoms with E-state index in [0.717, 1.165) is 4.31 Å². The molecule has 1 aromatic rings. The third kappa shape index (κ3) is 3.19. The van der Waals surface area contributed by atoms with E-state index in [2.05, 4.69) is 10.3 Å². The summed E-state index contributed by atoms with van der Waals surface area (Å²) in [5, 5.41) is 0. The Morgan fingerprint density at radius 2 is 2.00 bits per heavy atom. The van der Waals surface area contributed by atoms with Gasteiger partial charge in [0.05, 0.1) is 17.6 Å². The largest absolute Gasteiger partial charge is 0.277 e. The summed E-state index contributed by atoms with van der Waals surface area (Å²) in [6.45, 7) is 0. The van der Waals surface area contributed by atoms with Gasteiger partial charge in [-0.1, -0.05) is 0 Å². The first-order valence-corrected chi connectivity index (χ1v) is 7.38. The number of sulfonamides is 1. The van der Waals surface area contributed by atoms with Gasteiger partial charge in [0.2, 0.25) is 10.0 Å². The smallest absolute Gasteiger partial charge is 0.275 e. The molecule has 0 aromatic heterocycles. The number of nitrogens with zero attached hydrogens (tertiary/aromatic N) is 1. The van der Waals surface area contributed by atoms with Crippen LogP contribution in [0.5, 0.6) is 0 Å². The summed E-state index contributed by atoms with van der Waals surface area (Å²) in [6, 6.07) is 4.35. The van der Waals surface area contributed by atoms with Crippen molar-refractivity contribution in [3.8, 4) is 0 Å². The molecule has 0 bridgehead atoms. The van der Waals surface area contributed by atoms with Gasteiger partial charge in [-0.05, 0) is 40.8 Å². The molecule has 1 aromatic carbocycles. The maximum Gasteiger partial charge on any atom is 0.275 e. The summed E-state index contributed by atoms with van der Waals surface area (Å²) < 4.78 is 25.6. The first-order valence-electron chi connectivity index (χ1n) is 4.86. The third-order valence-electron chi connectivity index (χ3n) is 2.16. The number of hydroxylamine groups is 1. The molecular weight excluding hydrogens is 371 g/mol. The Bertz CT molecular complexity index is 557. The van der Waals surface area contributed by atoms with Gasteiger partial charge in [-0.25, -0.2) is 18.2 Å². The number of rotatable bonds is 4. The SMILES string of the molecule is CONC(=O)c1cc(S(=O)(=O)N(C)C)ccc1I. The fraction of sp³-hybridized carbons (Fsp3) is 0.300. The van der Waals surface area contributed by atoms with Crippen molar-refractivity contribution >= 4 is 38.5 Å². The van der Waals surface area contributed by atoms with Crippen LogP contribution in [0.1, 0.15) is 10.4 Å². The Balaban J connectivity index is 3.29. The quantitative estimate of drug-likeness (QED) is 0.617. The van der Waals surface area contributed by atoms with Crippen LogP contribution in [0, 0.1) is 3.57 Å². The van der Waals surface area contributed by atoms with E-state index >= 15 is 0 Å². The number of carbonyl (C=O) groups is 1. The van der Waals surface area contributed by atoms with E-state index in [9.17, 15) is 13.2 Å². The lowest BCUT2D eigenvalue weighted by Crippen LogP contribution is -2.25. The predicted molar refractivity (Wildman–Crippen MR) is 74.5 cm³/mol. The molecule has 0 saturated heterocycles. The maximum atomic E-state index is 11.9. The van der Waals surface area contributed by atoms with E-state index < -0.39 is 15.9 Å². The number of halogens is 1. The minimum atomic E-state index is -3.56. The molecule has 0 fully saturated rings. The molecule has 1 N–H and O–H groups in total. The van der Waals surface area contributed by atoms with Crippen molar-refractivity contribution in [1.29, 1.82) is 0 Å². The molecule has 18 heavy (non-hydrogen) atoms. The molecule has 0 saturated carbocycles. The van der Waals surface area contributed by atoms with Gasteiger partial charge in [0.15, 0.2) is 0 Å². The highest BCUT2D eigenvalue weighted by Gasteiger charge is 2.20. The molecular formula is C10H13IN2O4S. The highest BCUT2D eigenvalue weighted by atomic mass is 127. The van der Waals surface area contributed by atoms with Crippen LogP contribution in [0.25, 0.3) is 0 Å². The number of benzene rings is 1. The van der Waals surface area contributed by atoms with Crippen molar-refractivity contribution < 1.29 is 18.0 Å². The average molecular weight is 384 g/mol. The lowest BCUT2D eigenvalue weighted by atomic mass is 10.2. The second kappa shape index (κ2) is 5.95. The summed E-state index contributed by atoms with van der Waals surface area (Å²) in [5.74, 6) is -0.488. The molecule has 1 rings (SSSR count). The maximum absolute atomic E-state index is 11.9. The van der Waals surface area contributed by atoms with Crippen LogP contribution < -0.4 is 5.48 Å². The minimum absolute atomic E-state index is 0.0640. The molecule has 0 radical (unpaired) electrons. The van der Waals surface area contributed by atoms with Crippen molar-refractivity contribution in [3.63, 3.8) is 0 Å². The molecule has 0 heterocycles. The van der Waals surface area contributed by atoms with Crippen LogP contribution in [0.2, 0.25) is 0 Å². The Labute approximate surface area is 119 Å². The molecule has 8 heteroatoms. The molecule has 0 aliphatic rings. The zero-order valence-corrected chi connectivity index (χ0v) is 13.1. The van der Waals surface area contributed by atoms with Crippen molar-refractivity contribution in [2.45, 2.75) is 4.90 Å². The monoisotopic (exact) mass is 384 g/mol. The molecule has 100 valence electrons. The fourth-order valence-corrected chi connectivity index (χ4v) is 2.71. The van der Waals surface area contributed by atoms with Gasteiger partial charge in [0.25, 0.3) is 5.91 Å². The molecule has 1 amide bonds. The van der Waals surface area contributed by atoms with Crippen molar-refractivity contribution in [2.24, 2.45) is 0 Å². The summed E-state index contributed by atoms with van der Waals surface area (Å²) in [6.07, 6.45) is 0. The molecule has 0 aliphatic heterocycles. The number of hydrogen-bond donors (Lipinski definition) is 1. The molecule has 0 aliphatic carbocycles. The highest BCUT2D eigenvalue weighted by Crippen LogP contribution is 2.19. The van der Waals surface area contributed by atoms with Gasteiger partial charge in [0.1, 0.15) is 0 Å². The summed E-state index contributed by atoms with van der Waals surface area (Å²) in [7, 11) is 0.621. The summed E-state index contributed by atoms with van der Waals surface area (Å²) >= 11 is 1.95. The van der Waals surface area contributed by atoms with E-state index in [4.69, 9.17) is 0 Å². The fourth-order valence-electron chi connectivity index (χ4n) is 1.20. The number of nitrogens with one attached hydrogen (secondary N) is 1. The third-order valence-corrected chi connectivity index (χ3v) is 4.91. The van der Waals surface area contributed by atoms with Crippen LogP contribution in [0.3, 0.4) is 0 Å². The number of amides is 1. The molecule has 0 unspecified atom stereocenters. The van der Waals surface area contributed by atoms with Crippen molar-refractivity contribution in [1.82, 2.24) is 9.79 Å². The van der Waals surface area contributed by atoms with E-state index in [-0.39, 0.29) is 10.5 Å². The van der Waals surface area contributed by atoms with E-state index in [1.165, 1.54) is 33.3 Å². The topological polar surface area (TPSA) is 75.7 Å². The zero-order chi connectivity index (χ0) is 13.9. The second-order valence-electron chi connectivity index (χ2n) is 3.56. The van der Waals surface area contributed by atoms with Gasteiger partial charge in [0, 0.05) is 17.7 Å². The van der Waals surface area contributed by atoms with Crippen LogP contribution in [0.15, 0.2) is 23.1 Å². The standard InChI is InChI=1S/C10H13IN2O4S/c1-13(2)18(15,16)7-4-5-9(11)8(6-7)10(14)12-17-3/h4-6H,1-3H3,(H,12,14). The highest BCUT2D eigenvalue weighted by molar-refractivity contribution is 14.1. The van der Waals surface area contributed by atoms with Crippen LogP contribution in [-0.4, -0.2) is 39.8 Å². The van der Waals surface area contributed by atoms with Crippen LogP contribution in [0.4, 0.5) is 0 Å². The zero-order valence-electron chi connectivity index (χ0n) is 10.1. The number of hydrogen-bond acceptors (Lipinski definition) is 4. The average Bonchev–Trinajstić information content (AvgIpc) is 2.29. The van der Waals surface area contributed by atoms with Gasteiger partial charge in [-0.15, -0.1) is 0 Å². The van der Waals surface area contributed by atoms with E-state index in [1.54, 1.807) is 6.07 Å². The summed E-state index contributed by atoms with van der Waals surface area (Å²) in [5.41, 5.74) is 2.41. The molecule has 6 nitrogen and oxygen atoms in total. The van der Waals surface area contributed by atoms with Crippen molar-refractivity contribution in [2.75, 3.05) is 21.2 Å². The Morgan fingerprint density at radius 1 is 1.39 bits per heavy atom. The lowest BCUT2D eigenvalue weighted by molar-refractivity contribution is 0.0536. The van der Waals surface area contributed by atoms with E-state index in [0.29, 0.717) is 3.57 Å². The van der Waals surface area contributed by atoms with E-state index in [1.807, 2.05) is 22.6 Å². The second-order valence-corrected chi connectivity index (χ2v) is 6.88. The van der Waals surface area contributed by atoms with Crippen molar-refractivity contribution in [3.05, 3.63) is 27.3 Å². The lowest BCUT2D eigenvalue weighted by Gasteiger charge is -2.13. The Morgan fingerprint density at radius 3 is 2.50 bits per heavy atom. The first-order chi connectivity index (χ1) is 8.30. The number of carbonyl (C=O) groups excluding carboxylic acids is 1. The van der Waals surface area contributed by atoms with Gasteiger partial charge in [-0.3, -0.25) is 9.63 Å². The minimum Gasteiger partial charge on any atom is -0.277 e. The predicted octanol–water partition coefficient (Wildman–Crippen LogP) is 0.833. The van der Waals surface area contributed by atoms with Gasteiger partial charge in [-0.2, -0.15) is 0 Å². The summed E-state index contributed by atoms with van der Waals surface area (Å²) in [4.78, 5) is 16.3. The molecule has 0 spiro atoms. The Hall–Kier alpha value is -0.710. The molecule has 0 atom stereocenters. The Kier molecular flexibility index (Phi) is 5.08. The normalized spacial score (nSPS) is 11.6. The van der Waals surface area contributed by atoms with Crippen LogP contribution in [-0.2, 0) is 14.9 Å². The van der Waals surface area contributed by atoms with Gasteiger partial charge < -0.3 is 0 Å².